The SMILES string of the molecule is C#CCOCC(COC=C)(COCC#C)COCC#C. The van der Waals surface area contributed by atoms with Gasteiger partial charge in [-0.2, -0.15) is 0 Å². The van der Waals surface area contributed by atoms with Crippen LogP contribution in [0.2, 0.25) is 0 Å². The van der Waals surface area contributed by atoms with Crippen LogP contribution in [0.4, 0.5) is 0 Å². The summed E-state index contributed by atoms with van der Waals surface area (Å²) in [6.07, 6.45) is 16.8. The van der Waals surface area contributed by atoms with Gasteiger partial charge in [0.15, 0.2) is 0 Å². The minimum atomic E-state index is -0.543. The number of ether oxygens (including phenoxy) is 4. The molecule has 0 spiro atoms. The molecule has 0 radical (unpaired) electrons. The van der Waals surface area contributed by atoms with Crippen LogP contribution in [0.5, 0.6) is 0 Å². The Morgan fingerprint density at radius 1 is 0.800 bits per heavy atom. The minimum absolute atomic E-state index is 0.195. The topological polar surface area (TPSA) is 36.9 Å². The summed E-state index contributed by atoms with van der Waals surface area (Å²) in [7, 11) is 0. The van der Waals surface area contributed by atoms with Gasteiger partial charge in [0, 0.05) is 0 Å². The average molecular weight is 276 g/mol. The molecule has 0 saturated heterocycles. The second kappa shape index (κ2) is 12.2. The van der Waals surface area contributed by atoms with Gasteiger partial charge in [0.25, 0.3) is 0 Å². The first kappa shape index (κ1) is 18.1. The molecule has 0 rings (SSSR count). The summed E-state index contributed by atoms with van der Waals surface area (Å²) in [4.78, 5) is 0. The molecule has 0 aliphatic carbocycles. The molecule has 0 aliphatic rings. The molecule has 0 bridgehead atoms. The van der Waals surface area contributed by atoms with Crippen LogP contribution >= 0.6 is 0 Å². The van der Waals surface area contributed by atoms with Crippen LogP contribution in [0.1, 0.15) is 0 Å². The van der Waals surface area contributed by atoms with E-state index < -0.39 is 5.41 Å². The molecular weight excluding hydrogens is 256 g/mol. The second-order valence-corrected chi connectivity index (χ2v) is 4.07. The van der Waals surface area contributed by atoms with Crippen molar-refractivity contribution in [2.24, 2.45) is 5.41 Å². The van der Waals surface area contributed by atoms with Gasteiger partial charge in [0.1, 0.15) is 19.8 Å². The fourth-order valence-corrected chi connectivity index (χ4v) is 1.47. The summed E-state index contributed by atoms with van der Waals surface area (Å²) in [6.45, 7) is 5.31. The highest BCUT2D eigenvalue weighted by molar-refractivity contribution is 4.88. The molecule has 0 unspecified atom stereocenters. The Kier molecular flexibility index (Phi) is 11.0. The lowest BCUT2D eigenvalue weighted by molar-refractivity contribution is -0.0824. The van der Waals surface area contributed by atoms with E-state index in [-0.39, 0.29) is 19.8 Å². The van der Waals surface area contributed by atoms with E-state index in [4.69, 9.17) is 38.2 Å². The van der Waals surface area contributed by atoms with E-state index in [9.17, 15) is 0 Å². The maximum absolute atomic E-state index is 5.39. The van der Waals surface area contributed by atoms with Crippen LogP contribution in [0.3, 0.4) is 0 Å². The van der Waals surface area contributed by atoms with Crippen molar-refractivity contribution in [3.8, 4) is 37.0 Å². The lowest BCUT2D eigenvalue weighted by Crippen LogP contribution is -2.41. The first-order valence-electron chi connectivity index (χ1n) is 6.01. The molecule has 4 heteroatoms. The summed E-state index contributed by atoms with van der Waals surface area (Å²) < 4.78 is 21.4. The molecule has 108 valence electrons. The molecule has 0 N–H and O–H groups in total. The van der Waals surface area contributed by atoms with E-state index in [0.717, 1.165) is 0 Å². The molecule has 0 aromatic heterocycles. The predicted octanol–water partition coefficient (Wildman–Crippen LogP) is 1.08. The Labute approximate surface area is 121 Å². The van der Waals surface area contributed by atoms with Crippen molar-refractivity contribution in [3.63, 3.8) is 0 Å². The van der Waals surface area contributed by atoms with Crippen molar-refractivity contribution in [2.45, 2.75) is 0 Å². The third-order valence-electron chi connectivity index (χ3n) is 2.29. The molecule has 0 aliphatic heterocycles. The van der Waals surface area contributed by atoms with Crippen LogP contribution in [0.25, 0.3) is 0 Å². The van der Waals surface area contributed by atoms with Crippen LogP contribution in [-0.2, 0) is 18.9 Å². The van der Waals surface area contributed by atoms with E-state index in [1.165, 1.54) is 6.26 Å². The lowest BCUT2D eigenvalue weighted by atomic mass is 9.92. The lowest BCUT2D eigenvalue weighted by Gasteiger charge is -2.31. The van der Waals surface area contributed by atoms with Gasteiger partial charge in [-0.3, -0.25) is 0 Å². The number of hydrogen-bond donors (Lipinski definition) is 0. The maximum Gasteiger partial charge on any atom is 0.107 e. The second-order valence-electron chi connectivity index (χ2n) is 4.07. The van der Waals surface area contributed by atoms with Crippen molar-refractivity contribution in [2.75, 3.05) is 46.2 Å². The highest BCUT2D eigenvalue weighted by atomic mass is 16.5. The highest BCUT2D eigenvalue weighted by Crippen LogP contribution is 2.20. The Hall–Kier alpha value is -1.90. The predicted molar refractivity (Wildman–Crippen MR) is 77.5 cm³/mol. The molecule has 0 fully saturated rings. The van der Waals surface area contributed by atoms with Crippen molar-refractivity contribution in [3.05, 3.63) is 12.8 Å². The Morgan fingerprint density at radius 2 is 1.20 bits per heavy atom. The summed E-state index contributed by atoms with van der Waals surface area (Å²) in [6, 6.07) is 0. The van der Waals surface area contributed by atoms with E-state index in [1.807, 2.05) is 0 Å². The van der Waals surface area contributed by atoms with Crippen molar-refractivity contribution in [1.82, 2.24) is 0 Å². The number of rotatable bonds is 12. The normalized spacial score (nSPS) is 10.1. The summed E-state index contributed by atoms with van der Waals surface area (Å²) in [5.74, 6) is 7.20. The Bertz CT molecular complexity index is 330. The molecule has 20 heavy (non-hydrogen) atoms. The molecule has 0 atom stereocenters. The molecule has 4 nitrogen and oxygen atoms in total. The first-order valence-corrected chi connectivity index (χ1v) is 6.01. The van der Waals surface area contributed by atoms with Gasteiger partial charge in [-0.15, -0.1) is 19.3 Å². The zero-order chi connectivity index (χ0) is 15.1. The van der Waals surface area contributed by atoms with Crippen LogP contribution in [0, 0.1) is 42.4 Å². The van der Waals surface area contributed by atoms with E-state index in [0.29, 0.717) is 26.4 Å². The summed E-state index contributed by atoms with van der Waals surface area (Å²) in [5, 5.41) is 0. The van der Waals surface area contributed by atoms with Crippen molar-refractivity contribution < 1.29 is 18.9 Å². The molecule has 0 aromatic rings. The summed E-state index contributed by atoms with van der Waals surface area (Å²) >= 11 is 0. The average Bonchev–Trinajstić information content (AvgIpc) is 2.46. The monoisotopic (exact) mass is 276 g/mol. The molecule has 0 aromatic carbocycles. The van der Waals surface area contributed by atoms with Gasteiger partial charge < -0.3 is 18.9 Å². The fourth-order valence-electron chi connectivity index (χ4n) is 1.47. The first-order chi connectivity index (χ1) is 9.74. The zero-order valence-corrected chi connectivity index (χ0v) is 11.6. The van der Waals surface area contributed by atoms with Gasteiger partial charge in [-0.1, -0.05) is 24.3 Å². The van der Waals surface area contributed by atoms with Crippen molar-refractivity contribution >= 4 is 0 Å². The van der Waals surface area contributed by atoms with Gasteiger partial charge in [0.2, 0.25) is 0 Å². The largest absolute Gasteiger partial charge is 0.501 e. The van der Waals surface area contributed by atoms with E-state index in [1.54, 1.807) is 0 Å². The third-order valence-corrected chi connectivity index (χ3v) is 2.29. The summed E-state index contributed by atoms with van der Waals surface area (Å²) in [5.41, 5.74) is -0.543. The minimum Gasteiger partial charge on any atom is -0.501 e. The van der Waals surface area contributed by atoms with Gasteiger partial charge in [0.05, 0.1) is 38.1 Å². The van der Waals surface area contributed by atoms with E-state index >= 15 is 0 Å². The van der Waals surface area contributed by atoms with Gasteiger partial charge in [-0.25, -0.2) is 0 Å². The quantitative estimate of drug-likeness (QED) is 0.304. The molecular formula is C16H20O4. The fraction of sp³-hybridized carbons (Fsp3) is 0.500. The van der Waals surface area contributed by atoms with Crippen LogP contribution < -0.4 is 0 Å². The number of hydrogen-bond acceptors (Lipinski definition) is 4. The molecule has 0 heterocycles. The van der Waals surface area contributed by atoms with E-state index in [2.05, 4.69) is 24.3 Å². The van der Waals surface area contributed by atoms with Crippen molar-refractivity contribution in [1.29, 1.82) is 0 Å². The Morgan fingerprint density at radius 3 is 1.50 bits per heavy atom. The number of terminal acetylenes is 3. The van der Waals surface area contributed by atoms with Gasteiger partial charge in [-0.05, 0) is 0 Å². The maximum atomic E-state index is 5.39. The van der Waals surface area contributed by atoms with Gasteiger partial charge >= 0.3 is 0 Å². The van der Waals surface area contributed by atoms with Crippen LogP contribution in [-0.4, -0.2) is 46.2 Å². The Balaban J connectivity index is 4.66. The molecule has 0 amide bonds. The smallest absolute Gasteiger partial charge is 0.107 e. The highest BCUT2D eigenvalue weighted by Gasteiger charge is 2.32. The van der Waals surface area contributed by atoms with Crippen LogP contribution in [0.15, 0.2) is 12.8 Å². The molecule has 0 saturated carbocycles. The standard InChI is InChI=1S/C16H20O4/c1-5-9-18-13-16(12-17-8-4,14-19-10-6-2)15-20-11-7-3/h1-3,8H,4,9-15H2. The zero-order valence-electron chi connectivity index (χ0n) is 11.6. The third kappa shape index (κ3) is 8.25.